The number of hydrogen-bond donors (Lipinski definition) is 2. The molecule has 0 saturated carbocycles. The lowest BCUT2D eigenvalue weighted by Gasteiger charge is -2.16. The first-order valence-electron chi connectivity index (χ1n) is 9.22. The van der Waals surface area contributed by atoms with E-state index in [-0.39, 0.29) is 24.3 Å². The van der Waals surface area contributed by atoms with Gasteiger partial charge in [0.2, 0.25) is 11.8 Å². The molecule has 0 bridgehead atoms. The number of hydrogen-bond acceptors (Lipinski definition) is 3. The molecule has 138 valence electrons. The van der Waals surface area contributed by atoms with Crippen molar-refractivity contribution < 1.29 is 9.59 Å². The number of imidazole rings is 1. The van der Waals surface area contributed by atoms with Crippen molar-refractivity contribution in [1.82, 2.24) is 20.2 Å². The normalized spacial score (nSPS) is 16.8. The van der Waals surface area contributed by atoms with E-state index >= 15 is 0 Å². The average Bonchev–Trinajstić information content (AvgIpc) is 3.26. The maximum Gasteiger partial charge on any atom is 0.239 e. The molecule has 0 spiro atoms. The number of aromatic nitrogens is 2. The summed E-state index contributed by atoms with van der Waals surface area (Å²) in [4.78, 5) is 33.8. The third-order valence-electron chi connectivity index (χ3n) is 4.94. The number of rotatable bonds is 6. The standard InChI is InChI=1S/C21H22N4O2/c26-20(22-11-10-19-23-17-8-4-5-9-18(17)24-19)14-25-13-16(12-21(25)27)15-6-2-1-3-7-15/h1-9,16H,10-14H2,(H,22,26)(H,23,24)/t16-/m1/s1. The van der Waals surface area contributed by atoms with Crippen LogP contribution < -0.4 is 5.32 Å². The minimum atomic E-state index is -0.131. The number of fused-ring (bicyclic) bond motifs is 1. The zero-order valence-electron chi connectivity index (χ0n) is 15.0. The molecule has 4 rings (SSSR count). The van der Waals surface area contributed by atoms with Gasteiger partial charge in [-0.15, -0.1) is 0 Å². The van der Waals surface area contributed by atoms with Gasteiger partial charge >= 0.3 is 0 Å². The van der Waals surface area contributed by atoms with E-state index in [0.29, 0.717) is 25.9 Å². The van der Waals surface area contributed by atoms with Crippen molar-refractivity contribution in [2.24, 2.45) is 0 Å². The lowest BCUT2D eigenvalue weighted by Crippen LogP contribution is -2.38. The molecule has 2 aromatic carbocycles. The highest BCUT2D eigenvalue weighted by molar-refractivity contribution is 5.86. The lowest BCUT2D eigenvalue weighted by atomic mass is 9.99. The van der Waals surface area contributed by atoms with E-state index in [1.54, 1.807) is 4.90 Å². The van der Waals surface area contributed by atoms with Crippen molar-refractivity contribution >= 4 is 22.8 Å². The number of carbonyl (C=O) groups is 2. The summed E-state index contributed by atoms with van der Waals surface area (Å²) < 4.78 is 0. The maximum atomic E-state index is 12.2. The summed E-state index contributed by atoms with van der Waals surface area (Å²) in [7, 11) is 0. The Morgan fingerprint density at radius 3 is 2.74 bits per heavy atom. The molecule has 0 aliphatic carbocycles. The topological polar surface area (TPSA) is 78.1 Å². The Kier molecular flexibility index (Phi) is 4.87. The van der Waals surface area contributed by atoms with Gasteiger partial charge in [-0.1, -0.05) is 42.5 Å². The summed E-state index contributed by atoms with van der Waals surface area (Å²) >= 11 is 0. The molecular weight excluding hydrogens is 340 g/mol. The molecule has 6 heteroatoms. The predicted molar refractivity (Wildman–Crippen MR) is 103 cm³/mol. The highest BCUT2D eigenvalue weighted by Gasteiger charge is 2.31. The minimum absolute atomic E-state index is 0.0382. The van der Waals surface area contributed by atoms with Gasteiger partial charge in [0.05, 0.1) is 17.6 Å². The van der Waals surface area contributed by atoms with Crippen LogP contribution >= 0.6 is 0 Å². The number of benzene rings is 2. The van der Waals surface area contributed by atoms with E-state index in [9.17, 15) is 9.59 Å². The average molecular weight is 362 g/mol. The SMILES string of the molecule is O=C(CN1C[C@H](c2ccccc2)CC1=O)NCCc1nc2ccccc2[nH]1. The van der Waals surface area contributed by atoms with E-state index in [2.05, 4.69) is 15.3 Å². The largest absolute Gasteiger partial charge is 0.354 e. The molecule has 2 heterocycles. The number of amides is 2. The molecule has 6 nitrogen and oxygen atoms in total. The molecule has 0 radical (unpaired) electrons. The fraction of sp³-hybridized carbons (Fsp3) is 0.286. The van der Waals surface area contributed by atoms with Crippen LogP contribution in [0.5, 0.6) is 0 Å². The smallest absolute Gasteiger partial charge is 0.239 e. The molecule has 0 unspecified atom stereocenters. The van der Waals surface area contributed by atoms with Crippen LogP contribution in [0.3, 0.4) is 0 Å². The van der Waals surface area contributed by atoms with Crippen LogP contribution in [0.25, 0.3) is 11.0 Å². The summed E-state index contributed by atoms with van der Waals surface area (Å²) in [6.07, 6.45) is 1.09. The van der Waals surface area contributed by atoms with E-state index < -0.39 is 0 Å². The Balaban J connectivity index is 1.26. The molecule has 3 aromatic rings. The van der Waals surface area contributed by atoms with Gasteiger partial charge in [-0.05, 0) is 17.7 Å². The first-order valence-corrected chi connectivity index (χ1v) is 9.22. The molecule has 1 aromatic heterocycles. The minimum Gasteiger partial charge on any atom is -0.354 e. The molecule has 2 amide bonds. The molecule has 1 saturated heterocycles. The second kappa shape index (κ2) is 7.61. The monoisotopic (exact) mass is 362 g/mol. The summed E-state index contributed by atoms with van der Waals surface area (Å²) in [5, 5.41) is 2.88. The van der Waals surface area contributed by atoms with Crippen molar-refractivity contribution in [3.05, 3.63) is 66.0 Å². The first-order chi connectivity index (χ1) is 13.2. The van der Waals surface area contributed by atoms with Crippen molar-refractivity contribution in [2.45, 2.75) is 18.8 Å². The summed E-state index contributed by atoms with van der Waals surface area (Å²) in [5.74, 6) is 0.921. The summed E-state index contributed by atoms with van der Waals surface area (Å²) in [6, 6.07) is 17.8. The summed E-state index contributed by atoms with van der Waals surface area (Å²) in [6.45, 7) is 1.20. The van der Waals surface area contributed by atoms with E-state index in [4.69, 9.17) is 0 Å². The number of H-pyrrole nitrogens is 1. The van der Waals surface area contributed by atoms with Gasteiger partial charge in [0.25, 0.3) is 0 Å². The van der Waals surface area contributed by atoms with Crippen LogP contribution in [-0.4, -0.2) is 46.3 Å². The van der Waals surface area contributed by atoms with Crippen LogP contribution in [0, 0.1) is 0 Å². The number of nitrogens with zero attached hydrogens (tertiary/aromatic N) is 2. The number of nitrogens with one attached hydrogen (secondary N) is 2. The molecule has 1 aliphatic rings. The third kappa shape index (κ3) is 4.00. The van der Waals surface area contributed by atoms with Gasteiger partial charge in [-0.3, -0.25) is 9.59 Å². The van der Waals surface area contributed by atoms with Gasteiger partial charge < -0.3 is 15.2 Å². The first kappa shape index (κ1) is 17.3. The van der Waals surface area contributed by atoms with Crippen LogP contribution in [0.15, 0.2) is 54.6 Å². The lowest BCUT2D eigenvalue weighted by molar-refractivity contribution is -0.133. The van der Waals surface area contributed by atoms with Crippen LogP contribution in [-0.2, 0) is 16.0 Å². The molecule has 1 aliphatic heterocycles. The van der Waals surface area contributed by atoms with Crippen LogP contribution in [0.2, 0.25) is 0 Å². The van der Waals surface area contributed by atoms with Crippen LogP contribution in [0.4, 0.5) is 0 Å². The highest BCUT2D eigenvalue weighted by Crippen LogP contribution is 2.27. The van der Waals surface area contributed by atoms with E-state index in [0.717, 1.165) is 22.4 Å². The number of carbonyl (C=O) groups excluding carboxylic acids is 2. The Bertz CT molecular complexity index is 918. The van der Waals surface area contributed by atoms with Crippen molar-refractivity contribution in [1.29, 1.82) is 0 Å². The van der Waals surface area contributed by atoms with Crippen molar-refractivity contribution in [3.8, 4) is 0 Å². The Morgan fingerprint density at radius 1 is 1.15 bits per heavy atom. The molecule has 1 fully saturated rings. The number of para-hydroxylation sites is 2. The van der Waals surface area contributed by atoms with Gasteiger partial charge in [-0.2, -0.15) is 0 Å². The number of likely N-dealkylation sites (tertiary alicyclic amines) is 1. The fourth-order valence-corrected chi connectivity index (χ4v) is 3.55. The zero-order chi connectivity index (χ0) is 18.6. The molecule has 2 N–H and O–H groups in total. The predicted octanol–water partition coefficient (Wildman–Crippen LogP) is 2.24. The molecule has 1 atom stereocenters. The maximum absolute atomic E-state index is 12.2. The van der Waals surface area contributed by atoms with Gasteiger partial charge in [0.1, 0.15) is 5.82 Å². The zero-order valence-corrected chi connectivity index (χ0v) is 15.0. The van der Waals surface area contributed by atoms with Gasteiger partial charge in [-0.25, -0.2) is 4.98 Å². The molecule has 27 heavy (non-hydrogen) atoms. The highest BCUT2D eigenvalue weighted by atomic mass is 16.2. The van der Waals surface area contributed by atoms with E-state index in [1.165, 1.54) is 0 Å². The third-order valence-corrected chi connectivity index (χ3v) is 4.94. The van der Waals surface area contributed by atoms with Crippen LogP contribution in [0.1, 0.15) is 23.7 Å². The Morgan fingerprint density at radius 2 is 1.93 bits per heavy atom. The van der Waals surface area contributed by atoms with Gasteiger partial charge in [0.15, 0.2) is 0 Å². The Hall–Kier alpha value is -3.15. The van der Waals surface area contributed by atoms with Crippen molar-refractivity contribution in [3.63, 3.8) is 0 Å². The molecular formula is C21H22N4O2. The quantitative estimate of drug-likeness (QED) is 0.706. The van der Waals surface area contributed by atoms with Crippen molar-refractivity contribution in [2.75, 3.05) is 19.6 Å². The van der Waals surface area contributed by atoms with E-state index in [1.807, 2.05) is 54.6 Å². The second-order valence-electron chi connectivity index (χ2n) is 6.89. The Labute approximate surface area is 157 Å². The fourth-order valence-electron chi connectivity index (χ4n) is 3.55. The number of aromatic amines is 1. The summed E-state index contributed by atoms with van der Waals surface area (Å²) in [5.41, 5.74) is 3.07. The van der Waals surface area contributed by atoms with Gasteiger partial charge in [0, 0.05) is 31.8 Å². The second-order valence-corrected chi connectivity index (χ2v) is 6.89.